The molecule has 2 rings (SSSR count). The number of hydrogen-bond acceptors (Lipinski definition) is 5. The quantitative estimate of drug-likeness (QED) is 0.790. The molecule has 2 aromatic rings. The summed E-state index contributed by atoms with van der Waals surface area (Å²) in [5.74, 6) is 1.13. The average Bonchev–Trinajstić information content (AvgIpc) is 2.46. The molecule has 116 valence electrons. The van der Waals surface area contributed by atoms with E-state index in [1.807, 2.05) is 31.2 Å². The zero-order valence-corrected chi connectivity index (χ0v) is 13.3. The topological polar surface area (TPSA) is 78.9 Å². The lowest BCUT2D eigenvalue weighted by Crippen LogP contribution is -2.46. The number of benzene rings is 1. The summed E-state index contributed by atoms with van der Waals surface area (Å²) in [6.07, 6.45) is 1.46. The Morgan fingerprint density at radius 2 is 1.86 bits per heavy atom. The van der Waals surface area contributed by atoms with Crippen molar-refractivity contribution < 1.29 is 4.79 Å². The first-order valence-electron chi connectivity index (χ1n) is 7.07. The zero-order chi connectivity index (χ0) is 16.2. The van der Waals surface area contributed by atoms with Crippen LogP contribution < -0.4 is 16.0 Å². The van der Waals surface area contributed by atoms with E-state index < -0.39 is 5.54 Å². The lowest BCUT2D eigenvalue weighted by molar-refractivity contribution is -0.124. The number of nitrogens with zero attached hydrogens (tertiary/aromatic N) is 2. The van der Waals surface area contributed by atoms with E-state index in [1.165, 1.54) is 6.33 Å². The van der Waals surface area contributed by atoms with Crippen LogP contribution in [0.2, 0.25) is 0 Å². The summed E-state index contributed by atoms with van der Waals surface area (Å²) >= 11 is 0. The number of likely N-dealkylation sites (N-methyl/N-ethyl adjacent to an activating group) is 1. The van der Waals surface area contributed by atoms with Crippen molar-refractivity contribution in [2.24, 2.45) is 0 Å². The molecule has 0 radical (unpaired) electrons. The number of aryl methyl sites for hydroxylation is 1. The Morgan fingerprint density at radius 1 is 1.14 bits per heavy atom. The molecule has 0 aliphatic rings. The highest BCUT2D eigenvalue weighted by molar-refractivity contribution is 5.88. The second kappa shape index (κ2) is 6.43. The summed E-state index contributed by atoms with van der Waals surface area (Å²) in [6, 6.07) is 9.78. The number of amides is 1. The number of aromatic nitrogens is 2. The van der Waals surface area contributed by atoms with Crippen molar-refractivity contribution >= 4 is 23.2 Å². The van der Waals surface area contributed by atoms with Gasteiger partial charge in [0.15, 0.2) is 0 Å². The Labute approximate surface area is 130 Å². The van der Waals surface area contributed by atoms with Crippen molar-refractivity contribution in [3.63, 3.8) is 0 Å². The highest BCUT2D eigenvalue weighted by atomic mass is 16.2. The molecule has 0 spiro atoms. The Balaban J connectivity index is 2.15. The Bertz CT molecular complexity index is 669. The molecule has 6 heteroatoms. The summed E-state index contributed by atoms with van der Waals surface area (Å²) in [7, 11) is 1.61. The van der Waals surface area contributed by atoms with Gasteiger partial charge in [0.25, 0.3) is 0 Å². The molecule has 1 heterocycles. The van der Waals surface area contributed by atoms with Gasteiger partial charge >= 0.3 is 0 Å². The van der Waals surface area contributed by atoms with Gasteiger partial charge in [0.2, 0.25) is 5.91 Å². The van der Waals surface area contributed by atoms with Crippen molar-refractivity contribution in [2.45, 2.75) is 26.3 Å². The lowest BCUT2D eigenvalue weighted by atomic mass is 10.1. The lowest BCUT2D eigenvalue weighted by Gasteiger charge is -2.24. The summed E-state index contributed by atoms with van der Waals surface area (Å²) < 4.78 is 0. The molecule has 0 bridgehead atoms. The highest BCUT2D eigenvalue weighted by Crippen LogP contribution is 2.19. The predicted molar refractivity (Wildman–Crippen MR) is 88.3 cm³/mol. The van der Waals surface area contributed by atoms with Crippen LogP contribution in [0.1, 0.15) is 19.4 Å². The fraction of sp³-hybridized carbons (Fsp3) is 0.312. The maximum Gasteiger partial charge on any atom is 0.244 e. The molecule has 0 saturated carbocycles. The van der Waals surface area contributed by atoms with E-state index in [0.29, 0.717) is 11.6 Å². The van der Waals surface area contributed by atoms with Crippen molar-refractivity contribution in [1.82, 2.24) is 15.3 Å². The maximum atomic E-state index is 11.8. The van der Waals surface area contributed by atoms with Crippen LogP contribution in [0.4, 0.5) is 17.3 Å². The third-order valence-corrected chi connectivity index (χ3v) is 3.19. The van der Waals surface area contributed by atoms with Gasteiger partial charge in [-0.1, -0.05) is 12.1 Å². The maximum absolute atomic E-state index is 11.8. The van der Waals surface area contributed by atoms with Crippen molar-refractivity contribution in [1.29, 1.82) is 0 Å². The molecule has 0 fully saturated rings. The molecule has 3 N–H and O–H groups in total. The molecule has 22 heavy (non-hydrogen) atoms. The number of hydrogen-bond donors (Lipinski definition) is 3. The SMILES string of the molecule is CNC(=O)C(C)(C)Nc1cc(Nc2cccc(C)c2)ncn1. The van der Waals surface area contributed by atoms with Crippen LogP contribution in [0.3, 0.4) is 0 Å². The second-order valence-electron chi connectivity index (χ2n) is 5.61. The Morgan fingerprint density at radius 3 is 2.55 bits per heavy atom. The molecular formula is C16H21N5O. The molecule has 6 nitrogen and oxygen atoms in total. The van der Waals surface area contributed by atoms with Gasteiger partial charge in [0.05, 0.1) is 0 Å². The second-order valence-corrected chi connectivity index (χ2v) is 5.61. The van der Waals surface area contributed by atoms with Crippen LogP contribution in [-0.2, 0) is 4.79 Å². The Kier molecular flexibility index (Phi) is 4.60. The minimum atomic E-state index is -0.760. The van der Waals surface area contributed by atoms with Gasteiger partial charge in [-0.2, -0.15) is 0 Å². The molecule has 0 aliphatic heterocycles. The number of carbonyl (C=O) groups is 1. The van der Waals surface area contributed by atoms with Crippen LogP contribution in [0.15, 0.2) is 36.7 Å². The fourth-order valence-electron chi connectivity index (χ4n) is 2.05. The first-order chi connectivity index (χ1) is 10.4. The van der Waals surface area contributed by atoms with Gasteiger partial charge in [-0.3, -0.25) is 4.79 Å². The number of rotatable bonds is 5. The molecule has 1 amide bonds. The fourth-order valence-corrected chi connectivity index (χ4v) is 2.05. The van der Waals surface area contributed by atoms with E-state index in [4.69, 9.17) is 0 Å². The van der Waals surface area contributed by atoms with Crippen LogP contribution in [0, 0.1) is 6.92 Å². The van der Waals surface area contributed by atoms with Crippen LogP contribution >= 0.6 is 0 Å². The molecule has 0 aliphatic carbocycles. The minimum Gasteiger partial charge on any atom is -0.357 e. The van der Waals surface area contributed by atoms with Crippen LogP contribution in [0.25, 0.3) is 0 Å². The third-order valence-electron chi connectivity index (χ3n) is 3.19. The summed E-state index contributed by atoms with van der Waals surface area (Å²) in [6.45, 7) is 5.62. The van der Waals surface area contributed by atoms with Crippen molar-refractivity contribution in [2.75, 3.05) is 17.7 Å². The largest absolute Gasteiger partial charge is 0.357 e. The summed E-state index contributed by atoms with van der Waals surface area (Å²) in [4.78, 5) is 20.2. The number of nitrogens with one attached hydrogen (secondary N) is 3. The van der Waals surface area contributed by atoms with E-state index in [2.05, 4.69) is 25.9 Å². The van der Waals surface area contributed by atoms with E-state index in [0.717, 1.165) is 11.3 Å². The van der Waals surface area contributed by atoms with E-state index in [-0.39, 0.29) is 5.91 Å². The van der Waals surface area contributed by atoms with Gasteiger partial charge in [-0.15, -0.1) is 0 Å². The monoisotopic (exact) mass is 299 g/mol. The molecule has 0 atom stereocenters. The van der Waals surface area contributed by atoms with Crippen molar-refractivity contribution in [3.05, 3.63) is 42.2 Å². The van der Waals surface area contributed by atoms with E-state index in [1.54, 1.807) is 27.0 Å². The summed E-state index contributed by atoms with van der Waals surface area (Å²) in [5, 5.41) is 8.95. The Hall–Kier alpha value is -2.63. The van der Waals surface area contributed by atoms with Crippen molar-refractivity contribution in [3.8, 4) is 0 Å². The third kappa shape index (κ3) is 3.94. The predicted octanol–water partition coefficient (Wildman–Crippen LogP) is 2.47. The molecule has 0 saturated heterocycles. The normalized spacial score (nSPS) is 10.9. The van der Waals surface area contributed by atoms with Gasteiger partial charge in [0, 0.05) is 18.8 Å². The first-order valence-corrected chi connectivity index (χ1v) is 7.07. The molecule has 0 unspecified atom stereocenters. The average molecular weight is 299 g/mol. The van der Waals surface area contributed by atoms with Crippen LogP contribution in [0.5, 0.6) is 0 Å². The standard InChI is InChI=1S/C16H21N5O/c1-11-6-5-7-12(8-11)20-13-9-14(19-10-18-13)21-16(2,3)15(22)17-4/h5-10H,1-4H3,(H,17,22)(H2,18,19,20,21). The smallest absolute Gasteiger partial charge is 0.244 e. The molecule has 1 aromatic heterocycles. The van der Waals surface area contributed by atoms with Crippen LogP contribution in [-0.4, -0.2) is 28.5 Å². The molecule has 1 aromatic carbocycles. The van der Waals surface area contributed by atoms with Gasteiger partial charge in [-0.25, -0.2) is 9.97 Å². The van der Waals surface area contributed by atoms with E-state index in [9.17, 15) is 4.79 Å². The van der Waals surface area contributed by atoms with Gasteiger partial charge in [-0.05, 0) is 38.5 Å². The zero-order valence-electron chi connectivity index (χ0n) is 13.3. The minimum absolute atomic E-state index is 0.112. The number of anilines is 3. The summed E-state index contributed by atoms with van der Waals surface area (Å²) in [5.41, 5.74) is 1.36. The first kappa shape index (κ1) is 15.8. The van der Waals surface area contributed by atoms with Gasteiger partial charge < -0.3 is 16.0 Å². The number of carbonyl (C=O) groups excluding carboxylic acids is 1. The van der Waals surface area contributed by atoms with E-state index >= 15 is 0 Å². The van der Waals surface area contributed by atoms with Gasteiger partial charge in [0.1, 0.15) is 23.5 Å². The molecular weight excluding hydrogens is 278 g/mol. The highest BCUT2D eigenvalue weighted by Gasteiger charge is 2.26.